The largest absolute Gasteiger partial charge is 0.493 e. The zero-order valence-corrected chi connectivity index (χ0v) is 20.2. The molecule has 0 radical (unpaired) electrons. The molecule has 0 bridgehead atoms. The molecule has 7 nitrogen and oxygen atoms in total. The van der Waals surface area contributed by atoms with Crippen LogP contribution < -0.4 is 19.7 Å². The average Bonchev–Trinajstić information content (AvgIpc) is 2.83. The van der Waals surface area contributed by atoms with Gasteiger partial charge in [0.15, 0.2) is 11.5 Å². The summed E-state index contributed by atoms with van der Waals surface area (Å²) in [5.74, 6) is -0.581. The number of methoxy groups -OCH3 is 1. The van der Waals surface area contributed by atoms with Crippen LogP contribution in [0.15, 0.2) is 76.8 Å². The minimum Gasteiger partial charge on any atom is -0.493 e. The van der Waals surface area contributed by atoms with Gasteiger partial charge in [-0.25, -0.2) is 9.69 Å². The van der Waals surface area contributed by atoms with E-state index in [1.807, 2.05) is 12.1 Å². The van der Waals surface area contributed by atoms with Gasteiger partial charge in [-0.3, -0.25) is 14.9 Å². The molecule has 3 aromatic carbocycles. The van der Waals surface area contributed by atoms with E-state index in [9.17, 15) is 14.4 Å². The molecule has 1 aliphatic rings. The number of halogens is 2. The van der Waals surface area contributed by atoms with E-state index in [0.29, 0.717) is 34.4 Å². The lowest BCUT2D eigenvalue weighted by Gasteiger charge is -2.26. The molecular formula is C25H18BrClN2O5. The maximum Gasteiger partial charge on any atom is 0.335 e. The van der Waals surface area contributed by atoms with Gasteiger partial charge in [-0.2, -0.15) is 0 Å². The molecule has 0 saturated carbocycles. The normalized spacial score (nSPS) is 14.9. The highest BCUT2D eigenvalue weighted by Gasteiger charge is 2.36. The number of nitrogens with one attached hydrogen (secondary N) is 1. The summed E-state index contributed by atoms with van der Waals surface area (Å²) in [4.78, 5) is 38.7. The highest BCUT2D eigenvalue weighted by Crippen LogP contribution is 2.31. The summed E-state index contributed by atoms with van der Waals surface area (Å²) >= 11 is 9.23. The van der Waals surface area contributed by atoms with E-state index in [4.69, 9.17) is 21.1 Å². The number of anilines is 1. The first kappa shape index (κ1) is 23.5. The number of carbonyl (C=O) groups is 3. The predicted octanol–water partition coefficient (Wildman–Crippen LogP) is 5.36. The molecule has 34 heavy (non-hydrogen) atoms. The van der Waals surface area contributed by atoms with E-state index in [1.165, 1.54) is 13.2 Å². The number of rotatable bonds is 6. The van der Waals surface area contributed by atoms with Gasteiger partial charge in [0.25, 0.3) is 11.8 Å². The Balaban J connectivity index is 1.58. The first-order valence-electron chi connectivity index (χ1n) is 10.1. The monoisotopic (exact) mass is 540 g/mol. The van der Waals surface area contributed by atoms with Gasteiger partial charge >= 0.3 is 6.03 Å². The van der Waals surface area contributed by atoms with Crippen molar-refractivity contribution in [3.63, 3.8) is 0 Å². The van der Waals surface area contributed by atoms with Crippen LogP contribution in [0.25, 0.3) is 6.08 Å². The fourth-order valence-electron chi connectivity index (χ4n) is 3.28. The number of carbonyl (C=O) groups excluding carboxylic acids is 3. The Morgan fingerprint density at radius 2 is 1.68 bits per heavy atom. The summed E-state index contributed by atoms with van der Waals surface area (Å²) < 4.78 is 12.1. The molecule has 172 valence electrons. The van der Waals surface area contributed by atoms with E-state index < -0.39 is 17.8 Å². The van der Waals surface area contributed by atoms with Crippen LogP contribution in [0.4, 0.5) is 10.5 Å². The van der Waals surface area contributed by atoms with Gasteiger partial charge < -0.3 is 9.47 Å². The van der Waals surface area contributed by atoms with Crippen LogP contribution in [0.1, 0.15) is 11.1 Å². The molecule has 1 N–H and O–H groups in total. The Labute approximate surface area is 209 Å². The van der Waals surface area contributed by atoms with Crippen molar-refractivity contribution >= 4 is 57.1 Å². The molecule has 4 rings (SSSR count). The number of benzene rings is 3. The molecular weight excluding hydrogens is 524 g/mol. The number of barbiturate groups is 1. The van der Waals surface area contributed by atoms with Gasteiger partial charge in [-0.1, -0.05) is 45.7 Å². The van der Waals surface area contributed by atoms with E-state index in [1.54, 1.807) is 54.6 Å². The number of urea groups is 1. The summed E-state index contributed by atoms with van der Waals surface area (Å²) in [5.41, 5.74) is 1.62. The zero-order chi connectivity index (χ0) is 24.2. The van der Waals surface area contributed by atoms with Crippen molar-refractivity contribution < 1.29 is 23.9 Å². The Hall–Kier alpha value is -3.62. The third-order valence-electron chi connectivity index (χ3n) is 4.99. The number of hydrogen-bond acceptors (Lipinski definition) is 5. The second kappa shape index (κ2) is 10.1. The van der Waals surface area contributed by atoms with Crippen LogP contribution in [0, 0.1) is 0 Å². The zero-order valence-electron chi connectivity index (χ0n) is 17.9. The third-order valence-corrected chi connectivity index (χ3v) is 5.77. The van der Waals surface area contributed by atoms with Crippen molar-refractivity contribution in [2.45, 2.75) is 6.61 Å². The number of nitrogens with zero attached hydrogens (tertiary/aromatic N) is 1. The van der Waals surface area contributed by atoms with Crippen molar-refractivity contribution in [2.75, 3.05) is 12.0 Å². The minimum absolute atomic E-state index is 0.181. The van der Waals surface area contributed by atoms with Crippen LogP contribution in [0.5, 0.6) is 11.5 Å². The molecule has 0 aromatic heterocycles. The number of hydrogen-bond donors (Lipinski definition) is 1. The molecule has 1 saturated heterocycles. The van der Waals surface area contributed by atoms with Crippen LogP contribution in [-0.2, 0) is 16.2 Å². The number of amides is 4. The highest BCUT2D eigenvalue weighted by molar-refractivity contribution is 9.10. The Kier molecular flexibility index (Phi) is 7.00. The Morgan fingerprint density at radius 3 is 2.35 bits per heavy atom. The Morgan fingerprint density at radius 1 is 0.971 bits per heavy atom. The lowest BCUT2D eigenvalue weighted by molar-refractivity contribution is -0.122. The summed E-state index contributed by atoms with van der Waals surface area (Å²) in [5, 5.41) is 2.85. The number of imide groups is 2. The van der Waals surface area contributed by atoms with Crippen molar-refractivity contribution in [1.29, 1.82) is 0 Å². The van der Waals surface area contributed by atoms with Gasteiger partial charge in [0.1, 0.15) is 12.2 Å². The average molecular weight is 542 g/mol. The minimum atomic E-state index is -0.807. The lowest BCUT2D eigenvalue weighted by atomic mass is 10.1. The van der Waals surface area contributed by atoms with Crippen molar-refractivity contribution in [1.82, 2.24) is 5.32 Å². The van der Waals surface area contributed by atoms with E-state index >= 15 is 0 Å². The molecule has 0 aliphatic carbocycles. The molecule has 3 aromatic rings. The van der Waals surface area contributed by atoms with E-state index in [2.05, 4.69) is 21.2 Å². The maximum atomic E-state index is 13.0. The smallest absolute Gasteiger partial charge is 0.335 e. The van der Waals surface area contributed by atoms with Gasteiger partial charge in [0.2, 0.25) is 0 Å². The maximum absolute atomic E-state index is 13.0. The molecule has 1 heterocycles. The SMILES string of the molecule is COc1cc(/C=C2/C(=O)NC(=O)N(c3ccc(Br)cc3)C2=O)ccc1OCc1ccc(Cl)cc1. The van der Waals surface area contributed by atoms with Crippen molar-refractivity contribution in [3.8, 4) is 11.5 Å². The lowest BCUT2D eigenvalue weighted by Crippen LogP contribution is -2.54. The second-order valence-corrected chi connectivity index (χ2v) is 8.61. The molecule has 0 unspecified atom stereocenters. The Bertz CT molecular complexity index is 1290. The first-order chi connectivity index (χ1) is 16.4. The van der Waals surface area contributed by atoms with Gasteiger partial charge in [-0.05, 0) is 65.7 Å². The van der Waals surface area contributed by atoms with Gasteiger partial charge in [-0.15, -0.1) is 0 Å². The van der Waals surface area contributed by atoms with E-state index in [0.717, 1.165) is 14.9 Å². The summed E-state index contributed by atoms with van der Waals surface area (Å²) in [7, 11) is 1.49. The fraction of sp³-hybridized carbons (Fsp3) is 0.0800. The van der Waals surface area contributed by atoms with Crippen LogP contribution in [-0.4, -0.2) is 25.0 Å². The molecule has 9 heteroatoms. The summed E-state index contributed by atoms with van der Waals surface area (Å²) in [6.45, 7) is 0.305. The quantitative estimate of drug-likeness (QED) is 0.336. The van der Waals surface area contributed by atoms with Gasteiger partial charge in [0, 0.05) is 9.50 Å². The molecule has 4 amide bonds. The second-order valence-electron chi connectivity index (χ2n) is 7.26. The van der Waals surface area contributed by atoms with Crippen LogP contribution >= 0.6 is 27.5 Å². The third kappa shape index (κ3) is 5.13. The van der Waals surface area contributed by atoms with Gasteiger partial charge in [0.05, 0.1) is 12.8 Å². The number of ether oxygens (including phenoxy) is 2. The van der Waals surface area contributed by atoms with Crippen molar-refractivity contribution in [2.24, 2.45) is 0 Å². The topological polar surface area (TPSA) is 84.9 Å². The molecule has 1 fully saturated rings. The molecule has 1 aliphatic heterocycles. The van der Waals surface area contributed by atoms with E-state index in [-0.39, 0.29) is 5.57 Å². The highest BCUT2D eigenvalue weighted by atomic mass is 79.9. The van der Waals surface area contributed by atoms with Crippen LogP contribution in [0.3, 0.4) is 0 Å². The predicted molar refractivity (Wildman–Crippen MR) is 132 cm³/mol. The molecule has 0 spiro atoms. The van der Waals surface area contributed by atoms with Crippen LogP contribution in [0.2, 0.25) is 5.02 Å². The summed E-state index contributed by atoms with van der Waals surface area (Å²) in [6.07, 6.45) is 1.40. The molecule has 0 atom stereocenters. The summed E-state index contributed by atoms with van der Waals surface area (Å²) in [6, 6.07) is 18.1. The first-order valence-corrected chi connectivity index (χ1v) is 11.2. The standard InChI is InChI=1S/C25H18BrClN2O5/c1-33-22-13-16(4-11-21(22)34-14-15-2-7-18(27)8-3-15)12-20-23(30)28-25(32)29(24(20)31)19-9-5-17(26)6-10-19/h2-13H,14H2,1H3,(H,28,30,32)/b20-12-. The van der Waals surface area contributed by atoms with Crippen molar-refractivity contribution in [3.05, 3.63) is 92.9 Å². The fourth-order valence-corrected chi connectivity index (χ4v) is 3.67.